The summed E-state index contributed by atoms with van der Waals surface area (Å²) in [6.07, 6.45) is 13.6. The van der Waals surface area contributed by atoms with Crippen LogP contribution in [0.15, 0.2) is 0 Å². The first-order valence-electron chi connectivity index (χ1n) is 8.67. The van der Waals surface area contributed by atoms with Gasteiger partial charge in [0.2, 0.25) is 0 Å². The molecule has 0 amide bonds. The van der Waals surface area contributed by atoms with Crippen LogP contribution < -0.4 is 5.32 Å². The maximum atomic E-state index is 11.9. The van der Waals surface area contributed by atoms with Crippen molar-refractivity contribution in [1.82, 2.24) is 5.32 Å². The molecular formula is C17H31NO2. The summed E-state index contributed by atoms with van der Waals surface area (Å²) in [5, 5.41) is 13.4. The fourth-order valence-corrected chi connectivity index (χ4v) is 4.17. The SMILES string of the molecule is CCCC1CCCC(NC2CCCCC2)(C(=O)O)CC1. The third kappa shape index (κ3) is 3.97. The van der Waals surface area contributed by atoms with E-state index in [1.165, 1.54) is 38.5 Å². The van der Waals surface area contributed by atoms with Crippen molar-refractivity contribution in [2.24, 2.45) is 5.92 Å². The zero-order chi connectivity index (χ0) is 14.4. The van der Waals surface area contributed by atoms with E-state index in [-0.39, 0.29) is 0 Å². The molecule has 2 N–H and O–H groups in total. The number of hydrogen-bond acceptors (Lipinski definition) is 2. The van der Waals surface area contributed by atoms with Gasteiger partial charge in [0.15, 0.2) is 0 Å². The lowest BCUT2D eigenvalue weighted by Crippen LogP contribution is -2.56. The first kappa shape index (κ1) is 15.8. The van der Waals surface area contributed by atoms with Crippen molar-refractivity contribution in [3.63, 3.8) is 0 Å². The van der Waals surface area contributed by atoms with Gasteiger partial charge in [-0.15, -0.1) is 0 Å². The quantitative estimate of drug-likeness (QED) is 0.745. The summed E-state index contributed by atoms with van der Waals surface area (Å²) in [5.41, 5.74) is -0.634. The summed E-state index contributed by atoms with van der Waals surface area (Å²) in [5.74, 6) is 0.134. The van der Waals surface area contributed by atoms with Crippen LogP contribution in [0.3, 0.4) is 0 Å². The Morgan fingerprint density at radius 3 is 2.50 bits per heavy atom. The van der Waals surface area contributed by atoms with Gasteiger partial charge in [-0.05, 0) is 38.0 Å². The van der Waals surface area contributed by atoms with Crippen molar-refractivity contribution in [2.75, 3.05) is 0 Å². The van der Waals surface area contributed by atoms with Crippen LogP contribution in [0.25, 0.3) is 0 Å². The first-order chi connectivity index (χ1) is 9.66. The lowest BCUT2D eigenvalue weighted by atomic mass is 9.85. The molecule has 0 bridgehead atoms. The van der Waals surface area contributed by atoms with E-state index in [1.54, 1.807) is 0 Å². The molecule has 2 fully saturated rings. The largest absolute Gasteiger partial charge is 0.480 e. The molecule has 20 heavy (non-hydrogen) atoms. The van der Waals surface area contributed by atoms with E-state index in [4.69, 9.17) is 0 Å². The smallest absolute Gasteiger partial charge is 0.323 e. The molecule has 116 valence electrons. The van der Waals surface area contributed by atoms with E-state index >= 15 is 0 Å². The molecule has 0 aliphatic heterocycles. The molecule has 2 unspecified atom stereocenters. The Morgan fingerprint density at radius 1 is 1.10 bits per heavy atom. The Hall–Kier alpha value is -0.570. The van der Waals surface area contributed by atoms with Gasteiger partial charge in [-0.3, -0.25) is 10.1 Å². The predicted molar refractivity (Wildman–Crippen MR) is 81.9 cm³/mol. The van der Waals surface area contributed by atoms with Gasteiger partial charge in [0, 0.05) is 6.04 Å². The topological polar surface area (TPSA) is 49.3 Å². The minimum atomic E-state index is -0.634. The number of carbonyl (C=O) groups is 1. The summed E-state index contributed by atoms with van der Waals surface area (Å²) in [7, 11) is 0. The standard InChI is InChI=1S/C17H31NO2/c1-2-7-14-8-6-12-17(13-11-14,16(19)20)18-15-9-4-3-5-10-15/h14-15,18H,2-13H2,1H3,(H,19,20). The van der Waals surface area contributed by atoms with Gasteiger partial charge < -0.3 is 5.11 Å². The van der Waals surface area contributed by atoms with Crippen molar-refractivity contribution >= 4 is 5.97 Å². The van der Waals surface area contributed by atoms with E-state index in [9.17, 15) is 9.90 Å². The molecule has 0 radical (unpaired) electrons. The fraction of sp³-hybridized carbons (Fsp3) is 0.941. The zero-order valence-electron chi connectivity index (χ0n) is 13.0. The molecule has 2 aliphatic rings. The van der Waals surface area contributed by atoms with E-state index in [2.05, 4.69) is 12.2 Å². The van der Waals surface area contributed by atoms with E-state index in [0.717, 1.165) is 44.4 Å². The molecular weight excluding hydrogens is 250 g/mol. The number of nitrogens with one attached hydrogen (secondary N) is 1. The van der Waals surface area contributed by atoms with Gasteiger partial charge in [-0.25, -0.2) is 0 Å². The predicted octanol–water partition coefficient (Wildman–Crippen LogP) is 4.11. The van der Waals surface area contributed by atoms with Crippen LogP contribution in [0, 0.1) is 5.92 Å². The molecule has 0 aromatic carbocycles. The number of carboxylic acid groups (broad SMARTS) is 1. The number of aliphatic carboxylic acids is 1. The summed E-state index contributed by atoms with van der Waals surface area (Å²) in [4.78, 5) is 11.9. The number of hydrogen-bond donors (Lipinski definition) is 2. The highest BCUT2D eigenvalue weighted by Crippen LogP contribution is 2.34. The van der Waals surface area contributed by atoms with Crippen LogP contribution in [0.2, 0.25) is 0 Å². The van der Waals surface area contributed by atoms with Gasteiger partial charge in [-0.2, -0.15) is 0 Å². The van der Waals surface area contributed by atoms with E-state index in [0.29, 0.717) is 6.04 Å². The van der Waals surface area contributed by atoms with Crippen LogP contribution in [0.4, 0.5) is 0 Å². The Kier molecular flexibility index (Phi) is 5.88. The molecule has 0 saturated heterocycles. The third-order valence-electron chi connectivity index (χ3n) is 5.39. The lowest BCUT2D eigenvalue weighted by Gasteiger charge is -2.36. The van der Waals surface area contributed by atoms with Crippen molar-refractivity contribution < 1.29 is 9.90 Å². The maximum Gasteiger partial charge on any atom is 0.323 e. The average Bonchev–Trinajstić information content (AvgIpc) is 2.64. The Labute approximate surface area is 123 Å². The van der Waals surface area contributed by atoms with Gasteiger partial charge in [0.1, 0.15) is 5.54 Å². The normalized spacial score (nSPS) is 32.8. The maximum absolute atomic E-state index is 11.9. The molecule has 2 atom stereocenters. The molecule has 0 spiro atoms. The molecule has 2 saturated carbocycles. The Morgan fingerprint density at radius 2 is 1.85 bits per heavy atom. The minimum absolute atomic E-state index is 0.433. The van der Waals surface area contributed by atoms with Crippen LogP contribution in [-0.4, -0.2) is 22.7 Å². The second-order valence-electron chi connectivity index (χ2n) is 6.95. The van der Waals surface area contributed by atoms with Gasteiger partial charge in [0.05, 0.1) is 0 Å². The van der Waals surface area contributed by atoms with Gasteiger partial charge in [-0.1, -0.05) is 51.9 Å². The fourth-order valence-electron chi connectivity index (χ4n) is 4.17. The summed E-state index contributed by atoms with van der Waals surface area (Å²) < 4.78 is 0. The summed E-state index contributed by atoms with van der Waals surface area (Å²) in [6, 6.07) is 0.433. The highest BCUT2D eigenvalue weighted by molar-refractivity contribution is 5.78. The third-order valence-corrected chi connectivity index (χ3v) is 5.39. The monoisotopic (exact) mass is 281 g/mol. The highest BCUT2D eigenvalue weighted by Gasteiger charge is 2.41. The molecule has 0 aromatic heterocycles. The molecule has 2 aliphatic carbocycles. The summed E-state index contributed by atoms with van der Waals surface area (Å²) >= 11 is 0. The molecule has 3 heteroatoms. The second-order valence-corrected chi connectivity index (χ2v) is 6.95. The van der Waals surface area contributed by atoms with E-state index in [1.807, 2.05) is 0 Å². The van der Waals surface area contributed by atoms with Gasteiger partial charge in [0.25, 0.3) is 0 Å². The Bertz CT molecular complexity index is 312. The van der Waals surface area contributed by atoms with Crippen molar-refractivity contribution in [3.8, 4) is 0 Å². The van der Waals surface area contributed by atoms with Crippen LogP contribution >= 0.6 is 0 Å². The minimum Gasteiger partial charge on any atom is -0.480 e. The number of carboxylic acids is 1. The van der Waals surface area contributed by atoms with Crippen molar-refractivity contribution in [1.29, 1.82) is 0 Å². The van der Waals surface area contributed by atoms with Crippen LogP contribution in [0.5, 0.6) is 0 Å². The first-order valence-corrected chi connectivity index (χ1v) is 8.67. The molecule has 0 heterocycles. The van der Waals surface area contributed by atoms with Crippen LogP contribution in [-0.2, 0) is 4.79 Å². The average molecular weight is 281 g/mol. The lowest BCUT2D eigenvalue weighted by molar-refractivity contribution is -0.146. The molecule has 3 nitrogen and oxygen atoms in total. The van der Waals surface area contributed by atoms with Crippen molar-refractivity contribution in [2.45, 2.75) is 95.6 Å². The van der Waals surface area contributed by atoms with E-state index < -0.39 is 11.5 Å². The van der Waals surface area contributed by atoms with Crippen LogP contribution in [0.1, 0.15) is 84.0 Å². The zero-order valence-corrected chi connectivity index (χ0v) is 13.0. The summed E-state index contributed by atoms with van der Waals surface area (Å²) in [6.45, 7) is 2.23. The highest BCUT2D eigenvalue weighted by atomic mass is 16.4. The molecule has 2 rings (SSSR count). The molecule has 0 aromatic rings. The Balaban J connectivity index is 1.99. The number of rotatable bonds is 5. The van der Waals surface area contributed by atoms with Crippen molar-refractivity contribution in [3.05, 3.63) is 0 Å². The second kappa shape index (κ2) is 7.44. The van der Waals surface area contributed by atoms with Gasteiger partial charge >= 0.3 is 5.97 Å².